The average molecular weight is 273 g/mol. The number of amides is 3. The smallest absolute Gasteiger partial charge is 0.315 e. The highest BCUT2D eigenvalue weighted by atomic mass is 16.4. The Bertz CT molecular complexity index is 320. The molecule has 0 fully saturated rings. The van der Waals surface area contributed by atoms with E-state index in [-0.39, 0.29) is 24.8 Å². The molecule has 0 aromatic heterocycles. The predicted molar refractivity (Wildman–Crippen MR) is 70.7 cm³/mol. The molecule has 0 aliphatic rings. The van der Waals surface area contributed by atoms with Gasteiger partial charge in [0.15, 0.2) is 0 Å². The number of hydrogen-bond acceptors (Lipinski definition) is 3. The molecular formula is C12H23N3O4. The molecule has 0 spiro atoms. The Balaban J connectivity index is 4.03. The Morgan fingerprint density at radius 3 is 2.26 bits per heavy atom. The first-order valence-electron chi connectivity index (χ1n) is 6.44. The molecule has 0 heterocycles. The molecule has 3 amide bonds. The lowest BCUT2D eigenvalue weighted by Crippen LogP contribution is -2.49. The van der Waals surface area contributed by atoms with Crippen LogP contribution in [0, 0.1) is 5.92 Å². The molecule has 2 unspecified atom stereocenters. The minimum atomic E-state index is -0.884. The summed E-state index contributed by atoms with van der Waals surface area (Å²) >= 11 is 0. The average Bonchev–Trinajstić information content (AvgIpc) is 2.34. The molecule has 0 saturated heterocycles. The lowest BCUT2D eigenvalue weighted by atomic mass is 10.0. The van der Waals surface area contributed by atoms with Gasteiger partial charge in [0.2, 0.25) is 5.91 Å². The standard InChI is InChI=1S/C12H23N3O4/c1-4-9(6-10(16)17)7-14-12(19)15-8(3)11(18)13-5-2/h8-9H,4-7H2,1-3H3,(H,13,18)(H,16,17)(H2,14,15,19). The fourth-order valence-electron chi connectivity index (χ4n) is 1.49. The zero-order valence-corrected chi connectivity index (χ0v) is 11.7. The number of carboxylic acid groups (broad SMARTS) is 1. The minimum absolute atomic E-state index is 0.0165. The van der Waals surface area contributed by atoms with Gasteiger partial charge in [-0.05, 0) is 19.8 Å². The maximum absolute atomic E-state index is 11.5. The molecule has 0 radical (unpaired) electrons. The maximum atomic E-state index is 11.5. The number of aliphatic carboxylic acids is 1. The van der Waals surface area contributed by atoms with Gasteiger partial charge >= 0.3 is 12.0 Å². The van der Waals surface area contributed by atoms with Gasteiger partial charge in [-0.25, -0.2) is 4.79 Å². The Labute approximate surface area is 113 Å². The molecule has 0 aliphatic heterocycles. The second kappa shape index (κ2) is 9.18. The van der Waals surface area contributed by atoms with Gasteiger partial charge in [-0.2, -0.15) is 0 Å². The number of likely N-dealkylation sites (N-methyl/N-ethyl adjacent to an activating group) is 1. The van der Waals surface area contributed by atoms with Crippen LogP contribution in [0.2, 0.25) is 0 Å². The van der Waals surface area contributed by atoms with Crippen molar-refractivity contribution in [3.05, 3.63) is 0 Å². The van der Waals surface area contributed by atoms with Crippen LogP contribution in [0.25, 0.3) is 0 Å². The molecule has 7 nitrogen and oxygen atoms in total. The highest BCUT2D eigenvalue weighted by Crippen LogP contribution is 2.06. The van der Waals surface area contributed by atoms with Crippen LogP contribution >= 0.6 is 0 Å². The largest absolute Gasteiger partial charge is 0.481 e. The summed E-state index contributed by atoms with van der Waals surface area (Å²) in [6, 6.07) is -1.10. The van der Waals surface area contributed by atoms with E-state index in [0.29, 0.717) is 13.0 Å². The van der Waals surface area contributed by atoms with Crippen LogP contribution in [0.3, 0.4) is 0 Å². The SMILES string of the molecule is CCNC(=O)C(C)NC(=O)NCC(CC)CC(=O)O. The quantitative estimate of drug-likeness (QED) is 0.510. The van der Waals surface area contributed by atoms with Gasteiger partial charge in [-0.1, -0.05) is 13.3 Å². The summed E-state index contributed by atoms with van der Waals surface area (Å²) < 4.78 is 0. The Kier molecular flexibility index (Phi) is 8.32. The third kappa shape index (κ3) is 8.01. The highest BCUT2D eigenvalue weighted by Gasteiger charge is 2.16. The van der Waals surface area contributed by atoms with E-state index in [1.807, 2.05) is 6.92 Å². The Morgan fingerprint density at radius 1 is 1.16 bits per heavy atom. The number of rotatable bonds is 8. The normalized spacial score (nSPS) is 13.2. The molecule has 7 heteroatoms. The molecule has 4 N–H and O–H groups in total. The molecule has 0 saturated carbocycles. The van der Waals surface area contributed by atoms with Crippen molar-refractivity contribution in [2.24, 2.45) is 5.92 Å². The van der Waals surface area contributed by atoms with Crippen LogP contribution in [-0.2, 0) is 9.59 Å². The molecule has 0 bridgehead atoms. The lowest BCUT2D eigenvalue weighted by Gasteiger charge is -2.16. The van der Waals surface area contributed by atoms with Crippen molar-refractivity contribution in [3.8, 4) is 0 Å². The summed E-state index contributed by atoms with van der Waals surface area (Å²) in [5, 5.41) is 16.3. The van der Waals surface area contributed by atoms with Crippen LogP contribution in [-0.4, -0.2) is 42.1 Å². The van der Waals surface area contributed by atoms with Crippen molar-refractivity contribution >= 4 is 17.9 Å². The van der Waals surface area contributed by atoms with E-state index in [2.05, 4.69) is 16.0 Å². The second-order valence-corrected chi connectivity index (χ2v) is 4.34. The van der Waals surface area contributed by atoms with Crippen molar-refractivity contribution in [1.29, 1.82) is 0 Å². The summed E-state index contributed by atoms with van der Waals surface area (Å²) in [5.41, 5.74) is 0. The van der Waals surface area contributed by atoms with Crippen molar-refractivity contribution in [2.75, 3.05) is 13.1 Å². The first kappa shape index (κ1) is 17.2. The molecule has 110 valence electrons. The van der Waals surface area contributed by atoms with E-state index in [1.54, 1.807) is 13.8 Å². The number of urea groups is 1. The fourth-order valence-corrected chi connectivity index (χ4v) is 1.49. The number of carbonyl (C=O) groups excluding carboxylic acids is 2. The summed E-state index contributed by atoms with van der Waals surface area (Å²) in [4.78, 5) is 33.5. The van der Waals surface area contributed by atoms with Crippen LogP contribution in [0.15, 0.2) is 0 Å². The maximum Gasteiger partial charge on any atom is 0.315 e. The third-order valence-corrected chi connectivity index (χ3v) is 2.68. The van der Waals surface area contributed by atoms with Gasteiger partial charge in [0.25, 0.3) is 0 Å². The van der Waals surface area contributed by atoms with E-state index in [1.165, 1.54) is 0 Å². The monoisotopic (exact) mass is 273 g/mol. The summed E-state index contributed by atoms with van der Waals surface area (Å²) in [6.45, 7) is 6.02. The predicted octanol–water partition coefficient (Wildman–Crippen LogP) is 0.311. The third-order valence-electron chi connectivity index (χ3n) is 2.68. The molecule has 19 heavy (non-hydrogen) atoms. The first-order chi connectivity index (χ1) is 8.90. The second-order valence-electron chi connectivity index (χ2n) is 4.34. The van der Waals surface area contributed by atoms with E-state index in [0.717, 1.165) is 0 Å². The van der Waals surface area contributed by atoms with E-state index in [9.17, 15) is 14.4 Å². The van der Waals surface area contributed by atoms with Gasteiger partial charge in [0.1, 0.15) is 6.04 Å². The van der Waals surface area contributed by atoms with Gasteiger partial charge in [-0.15, -0.1) is 0 Å². The molecule has 0 aromatic carbocycles. The lowest BCUT2D eigenvalue weighted by molar-refractivity contribution is -0.138. The summed E-state index contributed by atoms with van der Waals surface area (Å²) in [6.07, 6.45) is 0.682. The molecule has 2 atom stereocenters. The van der Waals surface area contributed by atoms with Crippen LogP contribution in [0.5, 0.6) is 0 Å². The van der Waals surface area contributed by atoms with E-state index in [4.69, 9.17) is 5.11 Å². The highest BCUT2D eigenvalue weighted by molar-refractivity contribution is 5.86. The molecule has 0 aliphatic carbocycles. The zero-order chi connectivity index (χ0) is 14.8. The van der Waals surface area contributed by atoms with Crippen molar-refractivity contribution in [3.63, 3.8) is 0 Å². The number of nitrogens with one attached hydrogen (secondary N) is 3. The first-order valence-corrected chi connectivity index (χ1v) is 6.44. The van der Waals surface area contributed by atoms with Crippen LogP contribution < -0.4 is 16.0 Å². The Morgan fingerprint density at radius 2 is 1.79 bits per heavy atom. The topological polar surface area (TPSA) is 108 Å². The van der Waals surface area contributed by atoms with Gasteiger partial charge in [0, 0.05) is 19.5 Å². The number of hydrogen-bond donors (Lipinski definition) is 4. The van der Waals surface area contributed by atoms with Crippen molar-refractivity contribution in [1.82, 2.24) is 16.0 Å². The fraction of sp³-hybridized carbons (Fsp3) is 0.750. The molecule has 0 aromatic rings. The van der Waals surface area contributed by atoms with Crippen molar-refractivity contribution < 1.29 is 19.5 Å². The molecular weight excluding hydrogens is 250 g/mol. The Hall–Kier alpha value is -1.79. The zero-order valence-electron chi connectivity index (χ0n) is 11.7. The van der Waals surface area contributed by atoms with Gasteiger partial charge < -0.3 is 21.1 Å². The summed E-state index contributed by atoms with van der Waals surface area (Å²) in [7, 11) is 0. The van der Waals surface area contributed by atoms with E-state index >= 15 is 0 Å². The van der Waals surface area contributed by atoms with Gasteiger partial charge in [0.05, 0.1) is 0 Å². The van der Waals surface area contributed by atoms with Crippen molar-refractivity contribution in [2.45, 2.75) is 39.7 Å². The van der Waals surface area contributed by atoms with Gasteiger partial charge in [-0.3, -0.25) is 9.59 Å². The number of carboxylic acids is 1. The van der Waals surface area contributed by atoms with E-state index < -0.39 is 18.0 Å². The molecule has 0 rings (SSSR count). The summed E-state index contributed by atoms with van der Waals surface area (Å²) in [5.74, 6) is -1.25. The minimum Gasteiger partial charge on any atom is -0.481 e. The number of carbonyl (C=O) groups is 3. The van der Waals surface area contributed by atoms with Crippen LogP contribution in [0.4, 0.5) is 4.79 Å². The van der Waals surface area contributed by atoms with Crippen LogP contribution in [0.1, 0.15) is 33.6 Å².